The third-order valence-corrected chi connectivity index (χ3v) is 4.64. The van der Waals surface area contributed by atoms with Crippen molar-refractivity contribution in [1.29, 1.82) is 0 Å². The molecule has 0 aromatic heterocycles. The van der Waals surface area contributed by atoms with E-state index in [1.165, 1.54) is 44.9 Å². The van der Waals surface area contributed by atoms with Gasteiger partial charge in [0, 0.05) is 0 Å². The second kappa shape index (κ2) is 6.55. The summed E-state index contributed by atoms with van der Waals surface area (Å²) in [5.41, 5.74) is 0. The Morgan fingerprint density at radius 1 is 1.00 bits per heavy atom. The van der Waals surface area contributed by atoms with Gasteiger partial charge in [0.2, 0.25) is 0 Å². The van der Waals surface area contributed by atoms with Crippen molar-refractivity contribution < 1.29 is 0 Å². The summed E-state index contributed by atoms with van der Waals surface area (Å²) < 4.78 is 0. The predicted octanol–water partition coefficient (Wildman–Crippen LogP) is 5.28. The molecule has 1 fully saturated rings. The highest BCUT2D eigenvalue weighted by Gasteiger charge is 2.27. The summed E-state index contributed by atoms with van der Waals surface area (Å²) in [6, 6.07) is 0. The lowest BCUT2D eigenvalue weighted by molar-refractivity contribution is 0.362. The van der Waals surface area contributed by atoms with Gasteiger partial charge in [-0.2, -0.15) is 0 Å². The lowest BCUT2D eigenvalue weighted by Crippen LogP contribution is -2.03. The molecule has 0 radical (unpaired) electrons. The largest absolute Gasteiger partial charge is 0.0654 e. The van der Waals surface area contributed by atoms with Gasteiger partial charge < -0.3 is 0 Å². The molecule has 15 heavy (non-hydrogen) atoms. The molecule has 0 bridgehead atoms. The first-order chi connectivity index (χ1) is 7.17. The van der Waals surface area contributed by atoms with Crippen LogP contribution in [0.4, 0.5) is 0 Å². The predicted molar refractivity (Wildman–Crippen MR) is 69.0 cm³/mol. The summed E-state index contributed by atoms with van der Waals surface area (Å²) in [5, 5.41) is 0. The van der Waals surface area contributed by atoms with Crippen LogP contribution in [0.15, 0.2) is 0 Å². The minimum absolute atomic E-state index is 0.987. The van der Waals surface area contributed by atoms with Crippen LogP contribution in [0.25, 0.3) is 0 Å². The van der Waals surface area contributed by atoms with Gasteiger partial charge in [0.15, 0.2) is 0 Å². The van der Waals surface area contributed by atoms with Gasteiger partial charge in [-0.25, -0.2) is 0 Å². The molecule has 0 aromatic rings. The summed E-state index contributed by atoms with van der Waals surface area (Å²) in [6.07, 6.45) is 10.2. The molecule has 0 aliphatic heterocycles. The second-order valence-corrected chi connectivity index (χ2v) is 5.93. The summed E-state index contributed by atoms with van der Waals surface area (Å²) in [5.74, 6) is 4.05. The van der Waals surface area contributed by atoms with E-state index in [0.29, 0.717) is 0 Å². The highest BCUT2D eigenvalue weighted by Crippen LogP contribution is 2.39. The molecule has 3 atom stereocenters. The van der Waals surface area contributed by atoms with Gasteiger partial charge >= 0.3 is 0 Å². The first-order valence-corrected chi connectivity index (χ1v) is 7.17. The van der Waals surface area contributed by atoms with Crippen LogP contribution in [0.1, 0.15) is 72.6 Å². The maximum Gasteiger partial charge on any atom is -0.0409 e. The van der Waals surface area contributed by atoms with Crippen LogP contribution in [-0.2, 0) is 0 Å². The van der Waals surface area contributed by atoms with Gasteiger partial charge in [-0.1, -0.05) is 59.8 Å². The van der Waals surface area contributed by atoms with Gasteiger partial charge in [0.05, 0.1) is 0 Å². The van der Waals surface area contributed by atoms with Crippen LogP contribution in [0.3, 0.4) is 0 Å². The molecular formula is C15H30. The molecule has 0 nitrogen and oxygen atoms in total. The van der Waals surface area contributed by atoms with Crippen LogP contribution in [0, 0.1) is 23.7 Å². The van der Waals surface area contributed by atoms with Crippen molar-refractivity contribution in [3.8, 4) is 0 Å². The Kier molecular flexibility index (Phi) is 5.71. The van der Waals surface area contributed by atoms with E-state index in [-0.39, 0.29) is 0 Å². The van der Waals surface area contributed by atoms with Gasteiger partial charge in [-0.15, -0.1) is 0 Å². The summed E-state index contributed by atoms with van der Waals surface area (Å²) in [7, 11) is 0. The Bertz CT molecular complexity index is 151. The fraction of sp³-hybridized carbons (Fsp3) is 1.00. The summed E-state index contributed by atoms with van der Waals surface area (Å²) in [4.78, 5) is 0. The van der Waals surface area contributed by atoms with Gasteiger partial charge in [0.1, 0.15) is 0 Å². The first kappa shape index (κ1) is 13.1. The minimum atomic E-state index is 0.987. The van der Waals surface area contributed by atoms with Crippen LogP contribution in [-0.4, -0.2) is 0 Å². The molecular weight excluding hydrogens is 180 g/mol. The van der Waals surface area contributed by atoms with E-state index < -0.39 is 0 Å². The van der Waals surface area contributed by atoms with Crippen LogP contribution in [0.5, 0.6) is 0 Å². The van der Waals surface area contributed by atoms with Crippen molar-refractivity contribution in [2.45, 2.75) is 72.6 Å². The molecule has 1 aliphatic rings. The molecule has 0 aromatic carbocycles. The molecule has 0 heterocycles. The average molecular weight is 210 g/mol. The van der Waals surface area contributed by atoms with E-state index in [0.717, 1.165) is 23.7 Å². The fourth-order valence-electron chi connectivity index (χ4n) is 3.28. The zero-order valence-electron chi connectivity index (χ0n) is 11.3. The summed E-state index contributed by atoms with van der Waals surface area (Å²) in [6.45, 7) is 9.56. The van der Waals surface area contributed by atoms with Crippen molar-refractivity contribution >= 4 is 0 Å². The van der Waals surface area contributed by atoms with E-state index in [1.54, 1.807) is 0 Å². The third kappa shape index (κ3) is 4.17. The molecule has 1 aliphatic carbocycles. The lowest BCUT2D eigenvalue weighted by atomic mass is 9.90. The van der Waals surface area contributed by atoms with Crippen LogP contribution >= 0.6 is 0 Å². The maximum absolute atomic E-state index is 2.44. The number of rotatable bonds is 6. The lowest BCUT2D eigenvalue weighted by Gasteiger charge is -2.16. The Hall–Kier alpha value is 0. The Morgan fingerprint density at radius 3 is 2.07 bits per heavy atom. The fourth-order valence-corrected chi connectivity index (χ4v) is 3.28. The smallest absolute Gasteiger partial charge is 0.0409 e. The van der Waals surface area contributed by atoms with Crippen molar-refractivity contribution in [3.05, 3.63) is 0 Å². The Labute approximate surface area is 96.8 Å². The molecule has 0 spiro atoms. The summed E-state index contributed by atoms with van der Waals surface area (Å²) >= 11 is 0. The van der Waals surface area contributed by atoms with Gasteiger partial charge in [-0.3, -0.25) is 0 Å². The first-order valence-electron chi connectivity index (χ1n) is 7.17. The van der Waals surface area contributed by atoms with E-state index in [9.17, 15) is 0 Å². The van der Waals surface area contributed by atoms with Gasteiger partial charge in [0.25, 0.3) is 0 Å². The molecule has 0 N–H and O–H groups in total. The molecule has 1 saturated carbocycles. The van der Waals surface area contributed by atoms with E-state index in [2.05, 4.69) is 27.7 Å². The monoisotopic (exact) mass is 210 g/mol. The SMILES string of the molecule is CCCC(CC)CCC1CC(C)C(C)C1. The zero-order chi connectivity index (χ0) is 11.3. The molecule has 90 valence electrons. The number of hydrogen-bond acceptors (Lipinski definition) is 0. The van der Waals surface area contributed by atoms with Crippen molar-refractivity contribution in [3.63, 3.8) is 0 Å². The van der Waals surface area contributed by atoms with Crippen molar-refractivity contribution in [1.82, 2.24) is 0 Å². The van der Waals surface area contributed by atoms with E-state index >= 15 is 0 Å². The van der Waals surface area contributed by atoms with Crippen LogP contribution in [0.2, 0.25) is 0 Å². The molecule has 0 heteroatoms. The zero-order valence-corrected chi connectivity index (χ0v) is 11.3. The molecule has 1 rings (SSSR count). The average Bonchev–Trinajstić information content (AvgIpc) is 2.53. The highest BCUT2D eigenvalue weighted by molar-refractivity contribution is 4.78. The standard InChI is InChI=1S/C15H30/c1-5-7-14(6-2)8-9-15-10-12(3)13(4)11-15/h12-15H,5-11H2,1-4H3. The van der Waals surface area contributed by atoms with Crippen LogP contribution < -0.4 is 0 Å². The van der Waals surface area contributed by atoms with Crippen molar-refractivity contribution in [2.75, 3.05) is 0 Å². The molecule has 0 amide bonds. The second-order valence-electron chi connectivity index (χ2n) is 5.93. The number of hydrogen-bond donors (Lipinski definition) is 0. The Morgan fingerprint density at radius 2 is 1.60 bits per heavy atom. The van der Waals surface area contributed by atoms with Gasteiger partial charge in [-0.05, 0) is 36.5 Å². The van der Waals surface area contributed by atoms with E-state index in [1.807, 2.05) is 0 Å². The van der Waals surface area contributed by atoms with Crippen molar-refractivity contribution in [2.24, 2.45) is 23.7 Å². The highest BCUT2D eigenvalue weighted by atomic mass is 14.3. The molecule has 3 unspecified atom stereocenters. The van der Waals surface area contributed by atoms with E-state index in [4.69, 9.17) is 0 Å². The molecule has 0 saturated heterocycles. The topological polar surface area (TPSA) is 0 Å². The normalized spacial score (nSPS) is 33.2. The maximum atomic E-state index is 2.44. The quantitative estimate of drug-likeness (QED) is 0.560. The Balaban J connectivity index is 2.19. The third-order valence-electron chi connectivity index (χ3n) is 4.64. The minimum Gasteiger partial charge on any atom is -0.0654 e.